The van der Waals surface area contributed by atoms with Gasteiger partial charge in [-0.2, -0.15) is 0 Å². The summed E-state index contributed by atoms with van der Waals surface area (Å²) in [6.07, 6.45) is 1.47. The molecule has 0 amide bonds. The van der Waals surface area contributed by atoms with E-state index in [9.17, 15) is 4.39 Å². The second kappa shape index (κ2) is 5.80. The molecule has 0 aliphatic carbocycles. The number of hydrogen-bond donors (Lipinski definition) is 2. The lowest BCUT2D eigenvalue weighted by Crippen LogP contribution is -2.08. The molecule has 0 saturated carbocycles. The van der Waals surface area contributed by atoms with Crippen molar-refractivity contribution in [2.75, 3.05) is 11.8 Å². The molecular weight excluding hydrogens is 179 g/mol. The van der Waals surface area contributed by atoms with Crippen LogP contribution in [0.15, 0.2) is 18.2 Å². The Bertz CT molecular complexity index is 240. The van der Waals surface area contributed by atoms with E-state index in [1.807, 2.05) is 6.92 Å². The Balaban J connectivity index is 0.000000561. The molecule has 1 aromatic rings. The Morgan fingerprint density at radius 1 is 1.42 bits per heavy atom. The fourth-order valence-corrected chi connectivity index (χ4v) is 0.737. The first kappa shape index (κ1) is 11.2. The van der Waals surface area contributed by atoms with Crippen LogP contribution in [0.3, 0.4) is 0 Å². The number of nitrogens with two attached hydrogens (primary N) is 1. The number of halogens is 2. The van der Waals surface area contributed by atoms with Crippen LogP contribution in [0.2, 0.25) is 0 Å². The minimum atomic E-state index is -0.317. The molecule has 12 heavy (non-hydrogen) atoms. The number of anilines is 1. The standard InChI is InChI=1S/C7H9FN2.CH3Cl/c1-5-2-3-7(10-9)6(8)4-5;1-2/h2-4,10H,9H2,1H3;1H3. The highest BCUT2D eigenvalue weighted by Gasteiger charge is 1.97. The van der Waals surface area contributed by atoms with Gasteiger partial charge in [-0.1, -0.05) is 6.07 Å². The third-order valence-electron chi connectivity index (χ3n) is 1.28. The number of hydrazine groups is 1. The summed E-state index contributed by atoms with van der Waals surface area (Å²) in [6, 6.07) is 4.82. The summed E-state index contributed by atoms with van der Waals surface area (Å²) < 4.78 is 12.7. The SMILES string of the molecule is CCl.Cc1ccc(NN)c(F)c1. The maximum atomic E-state index is 12.7. The molecule has 1 aromatic carbocycles. The highest BCUT2D eigenvalue weighted by molar-refractivity contribution is 6.15. The molecule has 0 aliphatic rings. The van der Waals surface area contributed by atoms with Crippen LogP contribution in [0, 0.1) is 12.7 Å². The summed E-state index contributed by atoms with van der Waals surface area (Å²) in [5, 5.41) is 0. The second-order valence-electron chi connectivity index (χ2n) is 2.13. The van der Waals surface area contributed by atoms with Crippen LogP contribution in [-0.4, -0.2) is 6.38 Å². The molecule has 0 bridgehead atoms. The topological polar surface area (TPSA) is 38.0 Å². The molecule has 0 unspecified atom stereocenters. The van der Waals surface area contributed by atoms with Crippen LogP contribution >= 0.6 is 11.6 Å². The minimum absolute atomic E-state index is 0.317. The van der Waals surface area contributed by atoms with Gasteiger partial charge in [0.25, 0.3) is 0 Å². The average molecular weight is 191 g/mol. The number of benzene rings is 1. The predicted molar refractivity (Wildman–Crippen MR) is 50.7 cm³/mol. The van der Waals surface area contributed by atoms with Crippen molar-refractivity contribution in [3.05, 3.63) is 29.6 Å². The maximum Gasteiger partial charge on any atom is 0.147 e. The number of aryl methyl sites for hydroxylation is 1. The molecule has 68 valence electrons. The highest BCUT2D eigenvalue weighted by atomic mass is 35.5. The van der Waals surface area contributed by atoms with Crippen LogP contribution in [0.5, 0.6) is 0 Å². The molecule has 0 aliphatic heterocycles. The Kier molecular flexibility index (Phi) is 5.41. The number of alkyl halides is 1. The molecule has 0 saturated heterocycles. The normalized spacial score (nSPS) is 8.42. The van der Waals surface area contributed by atoms with E-state index in [2.05, 4.69) is 17.0 Å². The number of hydrogen-bond acceptors (Lipinski definition) is 2. The quantitative estimate of drug-likeness (QED) is 0.405. The number of nitrogen functional groups attached to an aromatic ring is 1. The van der Waals surface area contributed by atoms with Crippen molar-refractivity contribution >= 4 is 17.3 Å². The summed E-state index contributed by atoms with van der Waals surface area (Å²) in [5.74, 6) is 4.69. The molecule has 0 heterocycles. The predicted octanol–water partition coefficient (Wildman–Crippen LogP) is 2.27. The Labute approximate surface area is 76.5 Å². The van der Waals surface area contributed by atoms with Gasteiger partial charge < -0.3 is 5.43 Å². The van der Waals surface area contributed by atoms with Gasteiger partial charge in [0.05, 0.1) is 5.69 Å². The molecule has 2 nitrogen and oxygen atoms in total. The van der Waals surface area contributed by atoms with Crippen molar-refractivity contribution in [1.29, 1.82) is 0 Å². The van der Waals surface area contributed by atoms with E-state index in [1.165, 1.54) is 12.4 Å². The molecule has 0 aromatic heterocycles. The van der Waals surface area contributed by atoms with Gasteiger partial charge in [-0.3, -0.25) is 5.84 Å². The monoisotopic (exact) mass is 190 g/mol. The first-order valence-electron chi connectivity index (χ1n) is 3.34. The number of rotatable bonds is 1. The largest absolute Gasteiger partial charge is 0.321 e. The van der Waals surface area contributed by atoms with E-state index in [4.69, 9.17) is 5.84 Å². The Morgan fingerprint density at radius 2 is 2.00 bits per heavy atom. The third-order valence-corrected chi connectivity index (χ3v) is 1.28. The van der Waals surface area contributed by atoms with Gasteiger partial charge in [-0.05, 0) is 24.6 Å². The maximum absolute atomic E-state index is 12.7. The lowest BCUT2D eigenvalue weighted by molar-refractivity contribution is 0.629. The van der Waals surface area contributed by atoms with Gasteiger partial charge in [0.2, 0.25) is 0 Å². The summed E-state index contributed by atoms with van der Waals surface area (Å²) >= 11 is 4.64. The van der Waals surface area contributed by atoms with Gasteiger partial charge in [0.15, 0.2) is 0 Å². The van der Waals surface area contributed by atoms with Crippen molar-refractivity contribution in [3.63, 3.8) is 0 Å². The summed E-state index contributed by atoms with van der Waals surface area (Å²) in [7, 11) is 0. The van der Waals surface area contributed by atoms with Crippen molar-refractivity contribution in [3.8, 4) is 0 Å². The van der Waals surface area contributed by atoms with E-state index in [-0.39, 0.29) is 5.82 Å². The van der Waals surface area contributed by atoms with Gasteiger partial charge in [0, 0.05) is 6.38 Å². The zero-order chi connectivity index (χ0) is 9.56. The second-order valence-corrected chi connectivity index (χ2v) is 2.13. The molecule has 0 radical (unpaired) electrons. The fraction of sp³-hybridized carbons (Fsp3) is 0.250. The zero-order valence-corrected chi connectivity index (χ0v) is 7.82. The molecule has 0 fully saturated rings. The highest BCUT2D eigenvalue weighted by Crippen LogP contribution is 2.12. The average Bonchev–Trinajstić information content (AvgIpc) is 2.08. The lowest BCUT2D eigenvalue weighted by Gasteiger charge is -2.00. The van der Waals surface area contributed by atoms with Crippen molar-refractivity contribution in [2.45, 2.75) is 6.92 Å². The summed E-state index contributed by atoms with van der Waals surface area (Å²) in [6.45, 7) is 1.82. The van der Waals surface area contributed by atoms with Crippen molar-refractivity contribution < 1.29 is 4.39 Å². The lowest BCUT2D eigenvalue weighted by atomic mass is 10.2. The fourth-order valence-electron chi connectivity index (χ4n) is 0.737. The van der Waals surface area contributed by atoms with Crippen molar-refractivity contribution in [2.24, 2.45) is 5.84 Å². The Hall–Kier alpha value is -0.800. The molecule has 0 atom stereocenters. The first-order valence-corrected chi connectivity index (χ1v) is 4.10. The third kappa shape index (κ3) is 3.07. The smallest absolute Gasteiger partial charge is 0.147 e. The molecular formula is C8H12ClFN2. The van der Waals surface area contributed by atoms with Gasteiger partial charge in [0.1, 0.15) is 5.82 Å². The summed E-state index contributed by atoms with van der Waals surface area (Å²) in [4.78, 5) is 0. The van der Waals surface area contributed by atoms with Crippen LogP contribution < -0.4 is 11.3 Å². The van der Waals surface area contributed by atoms with Gasteiger partial charge >= 0.3 is 0 Å². The van der Waals surface area contributed by atoms with E-state index < -0.39 is 0 Å². The zero-order valence-electron chi connectivity index (χ0n) is 7.07. The van der Waals surface area contributed by atoms with Gasteiger partial charge in [-0.15, -0.1) is 11.6 Å². The summed E-state index contributed by atoms with van der Waals surface area (Å²) in [5.41, 5.74) is 3.46. The van der Waals surface area contributed by atoms with Crippen LogP contribution in [-0.2, 0) is 0 Å². The van der Waals surface area contributed by atoms with Crippen LogP contribution in [0.25, 0.3) is 0 Å². The van der Waals surface area contributed by atoms with E-state index in [0.29, 0.717) is 5.69 Å². The van der Waals surface area contributed by atoms with Gasteiger partial charge in [-0.25, -0.2) is 4.39 Å². The number of nitrogens with one attached hydrogen (secondary N) is 1. The molecule has 3 N–H and O–H groups in total. The van der Waals surface area contributed by atoms with Crippen LogP contribution in [0.4, 0.5) is 10.1 Å². The first-order chi connectivity index (χ1) is 5.74. The molecule has 1 rings (SSSR count). The van der Waals surface area contributed by atoms with E-state index in [1.54, 1.807) is 12.1 Å². The minimum Gasteiger partial charge on any atom is -0.321 e. The van der Waals surface area contributed by atoms with Crippen LogP contribution in [0.1, 0.15) is 5.56 Å². The van der Waals surface area contributed by atoms with E-state index >= 15 is 0 Å². The van der Waals surface area contributed by atoms with E-state index in [0.717, 1.165) is 5.56 Å². The van der Waals surface area contributed by atoms with Crippen molar-refractivity contribution in [1.82, 2.24) is 0 Å². The molecule has 4 heteroatoms. The Morgan fingerprint density at radius 3 is 2.42 bits per heavy atom. The molecule has 0 spiro atoms.